The minimum Gasteiger partial charge on any atom is -0.415 e. The molecule has 7 heteroatoms. The maximum absolute atomic E-state index is 13.8. The van der Waals surface area contributed by atoms with Gasteiger partial charge in [0.25, 0.3) is 5.60 Å². The Kier molecular flexibility index (Phi) is 3.72. The maximum atomic E-state index is 13.8. The van der Waals surface area contributed by atoms with Gasteiger partial charge in [-0.25, -0.2) is 4.79 Å². The van der Waals surface area contributed by atoms with Gasteiger partial charge in [-0.15, -0.1) is 0 Å². The van der Waals surface area contributed by atoms with E-state index in [9.17, 15) is 18.0 Å². The second-order valence-corrected chi connectivity index (χ2v) is 5.93. The summed E-state index contributed by atoms with van der Waals surface area (Å²) >= 11 is 5.88. The highest BCUT2D eigenvalue weighted by molar-refractivity contribution is 6.30. The Morgan fingerprint density at radius 3 is 2.70 bits per heavy atom. The number of anilines is 1. The Bertz CT molecular complexity index is 718. The van der Waals surface area contributed by atoms with E-state index in [0.717, 1.165) is 17.7 Å². The summed E-state index contributed by atoms with van der Waals surface area (Å²) in [5, 5.41) is 0.125. The molecule has 0 N–H and O–H groups in total. The highest BCUT2D eigenvalue weighted by Gasteiger charge is 2.63. The Balaban J connectivity index is 2.25. The molecule has 1 fully saturated rings. The summed E-state index contributed by atoms with van der Waals surface area (Å²) in [5.41, 5.74) is -3.10. The zero-order valence-corrected chi connectivity index (χ0v) is 13.0. The van der Waals surface area contributed by atoms with Crippen LogP contribution in [0, 0.1) is 17.8 Å². The van der Waals surface area contributed by atoms with Gasteiger partial charge in [0.2, 0.25) is 0 Å². The van der Waals surface area contributed by atoms with Crippen molar-refractivity contribution in [1.82, 2.24) is 0 Å². The summed E-state index contributed by atoms with van der Waals surface area (Å²) in [6.07, 6.45) is -4.41. The fraction of sp³-hybridized carbons (Fsp3) is 0.438. The van der Waals surface area contributed by atoms with Crippen molar-refractivity contribution in [2.45, 2.75) is 31.5 Å². The van der Waals surface area contributed by atoms with Crippen LogP contribution in [0.4, 0.5) is 23.7 Å². The van der Waals surface area contributed by atoms with Crippen LogP contribution in [0.2, 0.25) is 5.02 Å². The van der Waals surface area contributed by atoms with E-state index >= 15 is 0 Å². The molecule has 23 heavy (non-hydrogen) atoms. The summed E-state index contributed by atoms with van der Waals surface area (Å²) in [5.74, 6) is 4.70. The molecule has 0 saturated heterocycles. The number of amides is 1. The Morgan fingerprint density at radius 1 is 1.43 bits per heavy atom. The summed E-state index contributed by atoms with van der Waals surface area (Å²) in [4.78, 5) is 13.2. The second-order valence-electron chi connectivity index (χ2n) is 5.50. The SMILES string of the molecule is CCN1C(=O)O[C@](C#CC2CC2)(C(F)(F)F)c2cc(Cl)ccc21. The molecule has 3 rings (SSSR count). The normalized spacial score (nSPS) is 23.7. The van der Waals surface area contributed by atoms with E-state index in [1.807, 2.05) is 0 Å². The maximum Gasteiger partial charge on any atom is 0.445 e. The van der Waals surface area contributed by atoms with Crippen LogP contribution in [0.25, 0.3) is 0 Å². The number of alkyl halides is 3. The number of hydrogen-bond donors (Lipinski definition) is 0. The molecule has 2 aliphatic rings. The van der Waals surface area contributed by atoms with E-state index in [2.05, 4.69) is 11.8 Å². The molecule has 3 nitrogen and oxygen atoms in total. The van der Waals surface area contributed by atoms with Gasteiger partial charge in [-0.3, -0.25) is 4.90 Å². The second kappa shape index (κ2) is 5.34. The molecule has 0 radical (unpaired) electrons. The quantitative estimate of drug-likeness (QED) is 0.703. The van der Waals surface area contributed by atoms with Gasteiger partial charge < -0.3 is 4.74 Å². The highest BCUT2D eigenvalue weighted by atomic mass is 35.5. The van der Waals surface area contributed by atoms with Crippen LogP contribution in [0.5, 0.6) is 0 Å². The molecular formula is C16H13ClF3NO2. The largest absolute Gasteiger partial charge is 0.445 e. The zero-order chi connectivity index (χ0) is 16.8. The molecule has 1 heterocycles. The average molecular weight is 344 g/mol. The van der Waals surface area contributed by atoms with E-state index in [-0.39, 0.29) is 28.7 Å². The number of carbonyl (C=O) groups excluding carboxylic acids is 1. The fourth-order valence-electron chi connectivity index (χ4n) is 2.47. The molecule has 0 spiro atoms. The van der Waals surface area contributed by atoms with Gasteiger partial charge in [-0.2, -0.15) is 13.2 Å². The van der Waals surface area contributed by atoms with Crippen molar-refractivity contribution in [2.24, 2.45) is 5.92 Å². The van der Waals surface area contributed by atoms with Gasteiger partial charge >= 0.3 is 12.3 Å². The first-order valence-electron chi connectivity index (χ1n) is 7.18. The Hall–Kier alpha value is -1.87. The number of carbonyl (C=O) groups is 1. The molecule has 0 bridgehead atoms. The lowest BCUT2D eigenvalue weighted by Crippen LogP contribution is -2.53. The standard InChI is InChI=1S/C16H13ClF3NO2/c1-2-21-13-6-5-11(17)9-12(13)15(16(18,19)20,23-14(21)22)8-7-10-3-4-10/h5-6,9-10H,2-4H2,1H3/t15-/m0/s1. The van der Waals surface area contributed by atoms with Crippen molar-refractivity contribution >= 4 is 23.4 Å². The number of fused-ring (bicyclic) bond motifs is 1. The van der Waals surface area contributed by atoms with Crippen LogP contribution in [-0.2, 0) is 10.3 Å². The van der Waals surface area contributed by atoms with Gasteiger partial charge in [0.1, 0.15) is 0 Å². The molecule has 1 aromatic carbocycles. The predicted octanol–water partition coefficient (Wildman–Crippen LogP) is 4.49. The van der Waals surface area contributed by atoms with Crippen LogP contribution in [0.1, 0.15) is 25.3 Å². The first-order chi connectivity index (χ1) is 10.8. The van der Waals surface area contributed by atoms with Gasteiger partial charge in [-0.05, 0) is 43.9 Å². The van der Waals surface area contributed by atoms with Crippen LogP contribution in [0.15, 0.2) is 18.2 Å². The number of cyclic esters (lactones) is 1. The molecule has 1 saturated carbocycles. The van der Waals surface area contributed by atoms with Gasteiger partial charge in [-0.1, -0.05) is 17.5 Å². The number of hydrogen-bond acceptors (Lipinski definition) is 2. The summed E-state index contributed by atoms with van der Waals surface area (Å²) in [7, 11) is 0. The van der Waals surface area contributed by atoms with Crippen LogP contribution in [-0.4, -0.2) is 18.8 Å². The van der Waals surface area contributed by atoms with Crippen molar-refractivity contribution in [3.63, 3.8) is 0 Å². The summed E-state index contributed by atoms with van der Waals surface area (Å²) < 4.78 is 46.4. The zero-order valence-electron chi connectivity index (χ0n) is 12.2. The van der Waals surface area contributed by atoms with E-state index in [1.165, 1.54) is 18.2 Å². The fourth-order valence-corrected chi connectivity index (χ4v) is 2.64. The van der Waals surface area contributed by atoms with Gasteiger partial charge in [0, 0.05) is 23.0 Å². The van der Waals surface area contributed by atoms with Crippen LogP contribution >= 0.6 is 11.6 Å². The van der Waals surface area contributed by atoms with Crippen molar-refractivity contribution in [3.05, 3.63) is 28.8 Å². The third-order valence-electron chi connectivity index (χ3n) is 3.83. The van der Waals surface area contributed by atoms with Gasteiger partial charge in [0.05, 0.1) is 5.69 Å². The van der Waals surface area contributed by atoms with Crippen LogP contribution in [0.3, 0.4) is 0 Å². The molecule has 122 valence electrons. The lowest BCUT2D eigenvalue weighted by atomic mass is 9.89. The number of halogens is 4. The molecule has 1 amide bonds. The molecule has 0 unspecified atom stereocenters. The predicted molar refractivity (Wildman–Crippen MR) is 79.2 cm³/mol. The lowest BCUT2D eigenvalue weighted by Gasteiger charge is -2.40. The van der Waals surface area contributed by atoms with Crippen LogP contribution < -0.4 is 4.90 Å². The molecule has 1 aromatic rings. The Labute approximate surface area is 136 Å². The topological polar surface area (TPSA) is 29.5 Å². The van der Waals surface area contributed by atoms with E-state index in [0.29, 0.717) is 0 Å². The first-order valence-corrected chi connectivity index (χ1v) is 7.56. The van der Waals surface area contributed by atoms with Crippen molar-refractivity contribution in [2.75, 3.05) is 11.4 Å². The number of benzene rings is 1. The number of ether oxygens (including phenoxy) is 1. The molecule has 0 aromatic heterocycles. The van der Waals surface area contributed by atoms with Crippen molar-refractivity contribution in [3.8, 4) is 11.8 Å². The molecule has 1 aliphatic carbocycles. The van der Waals surface area contributed by atoms with E-state index in [1.54, 1.807) is 6.92 Å². The monoisotopic (exact) mass is 343 g/mol. The van der Waals surface area contributed by atoms with Crippen molar-refractivity contribution in [1.29, 1.82) is 0 Å². The highest BCUT2D eigenvalue weighted by Crippen LogP contribution is 2.49. The average Bonchev–Trinajstić information content (AvgIpc) is 3.28. The molecule has 1 aliphatic heterocycles. The van der Waals surface area contributed by atoms with Gasteiger partial charge in [0.15, 0.2) is 0 Å². The first kappa shape index (κ1) is 16.0. The lowest BCUT2D eigenvalue weighted by molar-refractivity contribution is -0.240. The number of rotatable bonds is 1. The minimum absolute atomic E-state index is 0.0697. The summed E-state index contributed by atoms with van der Waals surface area (Å²) in [6.45, 7) is 1.83. The third-order valence-corrected chi connectivity index (χ3v) is 4.07. The number of nitrogens with zero attached hydrogens (tertiary/aromatic N) is 1. The third kappa shape index (κ3) is 2.63. The van der Waals surface area contributed by atoms with Crippen molar-refractivity contribution < 1.29 is 22.7 Å². The van der Waals surface area contributed by atoms with E-state index < -0.39 is 17.9 Å². The molecular weight excluding hydrogens is 331 g/mol. The Morgan fingerprint density at radius 2 is 2.13 bits per heavy atom. The van der Waals surface area contributed by atoms with E-state index in [4.69, 9.17) is 16.3 Å². The minimum atomic E-state index is -4.87. The summed E-state index contributed by atoms with van der Waals surface area (Å²) in [6, 6.07) is 4.00. The smallest absolute Gasteiger partial charge is 0.415 e. The molecule has 1 atom stereocenters.